The molecule has 80 valence electrons. The van der Waals surface area contributed by atoms with E-state index in [1.165, 1.54) is 5.32 Å². The first-order valence-corrected chi connectivity index (χ1v) is 4.73. The van der Waals surface area contributed by atoms with E-state index >= 15 is 0 Å². The van der Waals surface area contributed by atoms with Crippen LogP contribution >= 0.6 is 0 Å². The fourth-order valence-electron chi connectivity index (χ4n) is 1.10. The maximum atomic E-state index is 11.6. The van der Waals surface area contributed by atoms with E-state index in [1.54, 1.807) is 14.0 Å². The summed E-state index contributed by atoms with van der Waals surface area (Å²) in [5, 5.41) is 4.37. The molecular formula is C11H16N3O+. The Labute approximate surface area is 89.2 Å². The maximum absolute atomic E-state index is 11.6. The lowest BCUT2D eigenvalue weighted by atomic mass is 10.3. The molecule has 1 amide bonds. The summed E-state index contributed by atoms with van der Waals surface area (Å²) in [5.74, 6) is -0.173. The summed E-state index contributed by atoms with van der Waals surface area (Å²) < 4.78 is 0. The highest BCUT2D eigenvalue weighted by atomic mass is 16.2. The van der Waals surface area contributed by atoms with Crippen LogP contribution in [0.4, 0.5) is 5.69 Å². The van der Waals surface area contributed by atoms with Gasteiger partial charge in [0.25, 0.3) is 0 Å². The van der Waals surface area contributed by atoms with Crippen LogP contribution in [0.25, 0.3) is 0 Å². The molecule has 0 fully saturated rings. The van der Waals surface area contributed by atoms with Crippen LogP contribution in [-0.2, 0) is 4.79 Å². The van der Waals surface area contributed by atoms with E-state index in [4.69, 9.17) is 5.73 Å². The van der Waals surface area contributed by atoms with Gasteiger partial charge in [-0.25, -0.2) is 10.1 Å². The number of nitrogens with two attached hydrogens (primary N) is 2. The second-order valence-electron chi connectivity index (χ2n) is 3.21. The van der Waals surface area contributed by atoms with E-state index in [-0.39, 0.29) is 11.6 Å². The Morgan fingerprint density at radius 1 is 1.33 bits per heavy atom. The summed E-state index contributed by atoms with van der Waals surface area (Å²) in [6.07, 6.45) is 0. The van der Waals surface area contributed by atoms with Gasteiger partial charge in [-0.05, 0) is 19.1 Å². The number of nitrogens with one attached hydrogen (secondary N) is 1. The fourth-order valence-corrected chi connectivity index (χ4v) is 1.10. The van der Waals surface area contributed by atoms with E-state index in [0.717, 1.165) is 5.69 Å². The lowest BCUT2D eigenvalue weighted by Crippen LogP contribution is -2.83. The number of rotatable bonds is 3. The molecule has 0 aliphatic carbocycles. The third kappa shape index (κ3) is 3.11. The Morgan fingerprint density at radius 3 is 2.47 bits per heavy atom. The van der Waals surface area contributed by atoms with Crippen LogP contribution < -0.4 is 16.4 Å². The SMILES string of the molecule is CN/C(C)=C(/N)C(=O)[NH2+]c1ccccc1. The molecule has 0 heterocycles. The minimum absolute atomic E-state index is 0.173. The molecule has 0 atom stereocenters. The van der Waals surface area contributed by atoms with Crippen molar-refractivity contribution in [2.75, 3.05) is 7.05 Å². The molecule has 4 heteroatoms. The van der Waals surface area contributed by atoms with Gasteiger partial charge in [-0.15, -0.1) is 0 Å². The minimum atomic E-state index is -0.173. The number of quaternary nitrogens is 1. The van der Waals surface area contributed by atoms with Crippen molar-refractivity contribution in [2.24, 2.45) is 5.73 Å². The highest BCUT2D eigenvalue weighted by Crippen LogP contribution is 1.97. The second kappa shape index (κ2) is 5.17. The molecule has 5 N–H and O–H groups in total. The third-order valence-electron chi connectivity index (χ3n) is 2.14. The number of primary amides is 1. The Bertz CT molecular complexity index is 371. The third-order valence-corrected chi connectivity index (χ3v) is 2.14. The van der Waals surface area contributed by atoms with Crippen LogP contribution in [0.15, 0.2) is 41.7 Å². The smallest absolute Gasteiger partial charge is 0.365 e. The maximum Gasteiger partial charge on any atom is 0.365 e. The number of para-hydroxylation sites is 1. The summed E-state index contributed by atoms with van der Waals surface area (Å²) >= 11 is 0. The predicted molar refractivity (Wildman–Crippen MR) is 59.0 cm³/mol. The summed E-state index contributed by atoms with van der Waals surface area (Å²) in [4.78, 5) is 11.6. The topological polar surface area (TPSA) is 71.7 Å². The first kappa shape index (κ1) is 11.3. The Hall–Kier alpha value is -1.81. The van der Waals surface area contributed by atoms with Gasteiger partial charge in [-0.2, -0.15) is 0 Å². The van der Waals surface area contributed by atoms with Crippen LogP contribution in [0, 0.1) is 0 Å². The second-order valence-corrected chi connectivity index (χ2v) is 3.21. The Balaban J connectivity index is 2.73. The molecule has 0 spiro atoms. The first-order chi connectivity index (χ1) is 7.15. The Morgan fingerprint density at radius 2 is 1.93 bits per heavy atom. The minimum Gasteiger partial charge on any atom is -0.390 e. The van der Waals surface area contributed by atoms with Crippen molar-refractivity contribution in [3.63, 3.8) is 0 Å². The highest BCUT2D eigenvalue weighted by molar-refractivity contribution is 5.86. The number of carbonyl (C=O) groups is 1. The summed E-state index contributed by atoms with van der Waals surface area (Å²) in [7, 11) is 1.73. The number of amides is 1. The molecule has 4 nitrogen and oxygen atoms in total. The molecule has 0 saturated heterocycles. The van der Waals surface area contributed by atoms with E-state index < -0.39 is 0 Å². The van der Waals surface area contributed by atoms with E-state index in [9.17, 15) is 4.79 Å². The molecule has 0 bridgehead atoms. The van der Waals surface area contributed by atoms with Crippen molar-refractivity contribution >= 4 is 11.6 Å². The van der Waals surface area contributed by atoms with Crippen molar-refractivity contribution in [1.82, 2.24) is 5.32 Å². The largest absolute Gasteiger partial charge is 0.390 e. The molecule has 1 aromatic carbocycles. The lowest BCUT2D eigenvalue weighted by molar-refractivity contribution is -0.479. The molecule has 0 aromatic heterocycles. The summed E-state index contributed by atoms with van der Waals surface area (Å²) in [6.45, 7) is 1.77. The molecule has 1 aromatic rings. The van der Waals surface area contributed by atoms with Crippen LogP contribution in [0.2, 0.25) is 0 Å². The monoisotopic (exact) mass is 206 g/mol. The molecule has 0 saturated carbocycles. The van der Waals surface area contributed by atoms with E-state index in [1.807, 2.05) is 30.3 Å². The standard InChI is InChI=1S/C11H15N3O/c1-8(13-2)10(12)11(15)14-9-6-4-3-5-7-9/h3-7,13H,12H2,1-2H3,(H,14,15)/p+1/b10-8+. The van der Waals surface area contributed by atoms with Crippen LogP contribution in [0.1, 0.15) is 6.92 Å². The molecule has 0 aliphatic heterocycles. The van der Waals surface area contributed by atoms with Gasteiger partial charge < -0.3 is 11.1 Å². The van der Waals surface area contributed by atoms with Gasteiger partial charge >= 0.3 is 5.91 Å². The zero-order valence-electron chi connectivity index (χ0n) is 8.95. The first-order valence-electron chi connectivity index (χ1n) is 4.73. The lowest BCUT2D eigenvalue weighted by Gasteiger charge is -2.03. The van der Waals surface area contributed by atoms with Gasteiger partial charge in [0.2, 0.25) is 0 Å². The number of benzene rings is 1. The van der Waals surface area contributed by atoms with Crippen LogP contribution in [0.5, 0.6) is 0 Å². The van der Waals surface area contributed by atoms with Gasteiger partial charge in [0.05, 0.1) is 0 Å². The van der Waals surface area contributed by atoms with Crippen molar-refractivity contribution in [3.05, 3.63) is 41.7 Å². The van der Waals surface area contributed by atoms with Crippen LogP contribution in [-0.4, -0.2) is 13.0 Å². The van der Waals surface area contributed by atoms with Crippen molar-refractivity contribution in [2.45, 2.75) is 6.92 Å². The molecular weight excluding hydrogens is 190 g/mol. The van der Waals surface area contributed by atoms with Gasteiger partial charge in [0.15, 0.2) is 5.70 Å². The van der Waals surface area contributed by atoms with E-state index in [0.29, 0.717) is 5.70 Å². The van der Waals surface area contributed by atoms with Crippen molar-refractivity contribution < 1.29 is 10.1 Å². The van der Waals surface area contributed by atoms with Gasteiger partial charge in [0, 0.05) is 12.7 Å². The number of allylic oxidation sites excluding steroid dienone is 1. The fraction of sp³-hybridized carbons (Fsp3) is 0.182. The molecule has 1 rings (SSSR count). The highest BCUT2D eigenvalue weighted by Gasteiger charge is 2.13. The van der Waals surface area contributed by atoms with Gasteiger partial charge in [-0.1, -0.05) is 18.2 Å². The summed E-state index contributed by atoms with van der Waals surface area (Å²) in [5.41, 5.74) is 7.45. The average molecular weight is 206 g/mol. The number of hydrogen-bond acceptors (Lipinski definition) is 3. The molecule has 0 aliphatic rings. The predicted octanol–water partition coefficient (Wildman–Crippen LogP) is -0.182. The zero-order chi connectivity index (χ0) is 11.3. The number of carbonyl (C=O) groups excluding carboxylic acids is 1. The number of hydrogen-bond donors (Lipinski definition) is 3. The van der Waals surface area contributed by atoms with E-state index in [2.05, 4.69) is 5.32 Å². The zero-order valence-corrected chi connectivity index (χ0v) is 8.95. The molecule has 0 radical (unpaired) electrons. The van der Waals surface area contributed by atoms with Crippen molar-refractivity contribution in [1.29, 1.82) is 0 Å². The Kier molecular flexibility index (Phi) is 3.88. The van der Waals surface area contributed by atoms with Gasteiger partial charge in [-0.3, -0.25) is 0 Å². The van der Waals surface area contributed by atoms with Crippen molar-refractivity contribution in [3.8, 4) is 0 Å². The molecule has 15 heavy (non-hydrogen) atoms. The molecule has 0 unspecified atom stereocenters. The summed E-state index contributed by atoms with van der Waals surface area (Å²) in [6, 6.07) is 9.38. The van der Waals surface area contributed by atoms with Crippen LogP contribution in [0.3, 0.4) is 0 Å². The normalized spacial score (nSPS) is 11.9. The van der Waals surface area contributed by atoms with Gasteiger partial charge in [0.1, 0.15) is 5.69 Å². The average Bonchev–Trinajstić information content (AvgIpc) is 2.28. The quantitative estimate of drug-likeness (QED) is 0.474.